The number of aryl methyl sites for hydroxylation is 2. The van der Waals surface area contributed by atoms with E-state index in [2.05, 4.69) is 0 Å². The Bertz CT molecular complexity index is 1350. The lowest BCUT2D eigenvalue weighted by Crippen LogP contribution is -2.29. The van der Waals surface area contributed by atoms with Crippen LogP contribution >= 0.6 is 0 Å². The van der Waals surface area contributed by atoms with E-state index in [1.807, 2.05) is 51.1 Å². The molecule has 2 heterocycles. The Labute approximate surface area is 210 Å². The summed E-state index contributed by atoms with van der Waals surface area (Å²) in [7, 11) is 3.15. The normalized spacial score (nSPS) is 17.2. The maximum Gasteiger partial charge on any atom is 0.296 e. The Hall–Kier alpha value is -4.00. The van der Waals surface area contributed by atoms with Crippen LogP contribution in [0.5, 0.6) is 11.5 Å². The van der Waals surface area contributed by atoms with E-state index in [0.717, 1.165) is 16.7 Å². The minimum absolute atomic E-state index is 0.00720. The first kappa shape index (κ1) is 25.1. The minimum Gasteiger partial charge on any atom is -0.507 e. The Kier molecular flexibility index (Phi) is 6.93. The number of hydrogen-bond acceptors (Lipinski definition) is 6. The summed E-state index contributed by atoms with van der Waals surface area (Å²) in [6.45, 7) is 7.77. The van der Waals surface area contributed by atoms with Gasteiger partial charge in [-0.3, -0.25) is 9.59 Å². The number of ketones is 1. The molecule has 1 aliphatic heterocycles. The molecule has 1 aliphatic rings. The zero-order valence-electron chi connectivity index (χ0n) is 21.4. The van der Waals surface area contributed by atoms with Crippen molar-refractivity contribution >= 4 is 17.4 Å². The number of aliphatic hydroxyl groups is 1. The molecule has 3 aromatic rings. The first-order valence-electron chi connectivity index (χ1n) is 11.8. The van der Waals surface area contributed by atoms with Crippen LogP contribution in [0.4, 0.5) is 0 Å². The van der Waals surface area contributed by atoms with Crippen LogP contribution in [0.2, 0.25) is 0 Å². The number of ether oxygens (including phenoxy) is 2. The van der Waals surface area contributed by atoms with Crippen molar-refractivity contribution in [1.82, 2.24) is 4.90 Å². The monoisotopic (exact) mass is 489 g/mol. The number of aliphatic hydroxyl groups excluding tert-OH is 1. The standard InChI is InChI=1S/C29H31NO6/c1-16(2)20-14-21(17(3)13-24(20)35-6)27(31)25-26(23-12-11-18(4)36-23)30(29(33)28(25)32)15-19-9-7-8-10-22(19)34-5/h7-14,16,26,31H,15H2,1-6H3/b27-25+. The van der Waals surface area contributed by atoms with Gasteiger partial charge in [-0.25, -0.2) is 0 Å². The zero-order valence-corrected chi connectivity index (χ0v) is 21.4. The van der Waals surface area contributed by atoms with E-state index in [0.29, 0.717) is 28.6 Å². The molecule has 4 rings (SSSR count). The predicted molar refractivity (Wildman–Crippen MR) is 136 cm³/mol. The number of benzene rings is 2. The molecule has 1 saturated heterocycles. The van der Waals surface area contributed by atoms with Gasteiger partial charge in [0.15, 0.2) is 0 Å². The minimum atomic E-state index is -0.896. The van der Waals surface area contributed by atoms with Gasteiger partial charge in [-0.1, -0.05) is 32.0 Å². The average molecular weight is 490 g/mol. The van der Waals surface area contributed by atoms with Crippen molar-refractivity contribution in [3.8, 4) is 11.5 Å². The number of furan rings is 1. The Morgan fingerprint density at radius 3 is 2.33 bits per heavy atom. The Morgan fingerprint density at radius 2 is 1.72 bits per heavy atom. The highest BCUT2D eigenvalue weighted by molar-refractivity contribution is 6.46. The molecule has 1 unspecified atom stereocenters. The molecule has 2 aromatic carbocycles. The van der Waals surface area contributed by atoms with Gasteiger partial charge in [0, 0.05) is 11.1 Å². The fourth-order valence-electron chi connectivity index (χ4n) is 4.68. The summed E-state index contributed by atoms with van der Waals surface area (Å²) in [5.41, 5.74) is 2.81. The van der Waals surface area contributed by atoms with Gasteiger partial charge >= 0.3 is 0 Å². The van der Waals surface area contributed by atoms with E-state index < -0.39 is 17.7 Å². The van der Waals surface area contributed by atoms with Crippen LogP contribution in [0.3, 0.4) is 0 Å². The quantitative estimate of drug-likeness (QED) is 0.262. The highest BCUT2D eigenvalue weighted by Crippen LogP contribution is 2.43. The van der Waals surface area contributed by atoms with Crippen LogP contribution in [0, 0.1) is 13.8 Å². The summed E-state index contributed by atoms with van der Waals surface area (Å²) in [6.07, 6.45) is 0. The molecular weight excluding hydrogens is 458 g/mol. The fraction of sp³-hybridized carbons (Fsp3) is 0.310. The smallest absolute Gasteiger partial charge is 0.296 e. The molecule has 0 bridgehead atoms. The number of rotatable bonds is 7. The number of carbonyl (C=O) groups excluding carboxylic acids is 2. The molecule has 0 aliphatic carbocycles. The second kappa shape index (κ2) is 9.93. The summed E-state index contributed by atoms with van der Waals surface area (Å²) in [5.74, 6) is 0.740. The van der Waals surface area contributed by atoms with Crippen LogP contribution in [0.1, 0.15) is 59.6 Å². The number of carbonyl (C=O) groups is 2. The molecule has 1 fully saturated rings. The van der Waals surface area contributed by atoms with E-state index in [1.54, 1.807) is 39.3 Å². The van der Waals surface area contributed by atoms with Gasteiger partial charge in [-0.05, 0) is 61.2 Å². The molecule has 0 spiro atoms. The average Bonchev–Trinajstić information content (AvgIpc) is 3.39. The van der Waals surface area contributed by atoms with Crippen LogP contribution in [-0.4, -0.2) is 35.9 Å². The fourth-order valence-corrected chi connectivity index (χ4v) is 4.68. The van der Waals surface area contributed by atoms with Crippen molar-refractivity contribution in [1.29, 1.82) is 0 Å². The predicted octanol–water partition coefficient (Wildman–Crippen LogP) is 5.66. The van der Waals surface area contributed by atoms with Crippen molar-refractivity contribution < 1.29 is 28.6 Å². The summed E-state index contributed by atoms with van der Waals surface area (Å²) in [4.78, 5) is 28.2. The van der Waals surface area contributed by atoms with Gasteiger partial charge in [0.1, 0.15) is 34.8 Å². The molecule has 1 amide bonds. The number of hydrogen-bond donors (Lipinski definition) is 1. The van der Waals surface area contributed by atoms with Gasteiger partial charge in [-0.2, -0.15) is 0 Å². The number of likely N-dealkylation sites (tertiary alicyclic amines) is 1. The largest absolute Gasteiger partial charge is 0.507 e. The van der Waals surface area contributed by atoms with E-state index >= 15 is 0 Å². The Morgan fingerprint density at radius 1 is 1.03 bits per heavy atom. The van der Waals surface area contributed by atoms with E-state index in [-0.39, 0.29) is 23.8 Å². The van der Waals surface area contributed by atoms with Crippen molar-refractivity contribution in [3.63, 3.8) is 0 Å². The highest BCUT2D eigenvalue weighted by Gasteiger charge is 2.48. The molecule has 36 heavy (non-hydrogen) atoms. The third-order valence-corrected chi connectivity index (χ3v) is 6.56. The third kappa shape index (κ3) is 4.37. The summed E-state index contributed by atoms with van der Waals surface area (Å²) < 4.78 is 16.9. The molecule has 1 aromatic heterocycles. The lowest BCUT2D eigenvalue weighted by Gasteiger charge is -2.24. The van der Waals surface area contributed by atoms with Crippen LogP contribution in [-0.2, 0) is 16.1 Å². The third-order valence-electron chi connectivity index (χ3n) is 6.56. The van der Waals surface area contributed by atoms with Gasteiger partial charge in [-0.15, -0.1) is 0 Å². The van der Waals surface area contributed by atoms with E-state index in [4.69, 9.17) is 13.9 Å². The molecule has 1 N–H and O–H groups in total. The van der Waals surface area contributed by atoms with Crippen molar-refractivity contribution in [3.05, 3.63) is 87.9 Å². The first-order valence-corrected chi connectivity index (χ1v) is 11.8. The number of amides is 1. The second-order valence-corrected chi connectivity index (χ2v) is 9.25. The molecule has 0 radical (unpaired) electrons. The van der Waals surface area contributed by atoms with Crippen LogP contribution in [0.25, 0.3) is 5.76 Å². The maximum absolute atomic E-state index is 13.4. The van der Waals surface area contributed by atoms with Crippen molar-refractivity contribution in [2.45, 2.75) is 46.2 Å². The molecule has 7 nitrogen and oxygen atoms in total. The molecule has 7 heteroatoms. The van der Waals surface area contributed by atoms with Gasteiger partial charge < -0.3 is 23.9 Å². The molecule has 0 saturated carbocycles. The van der Waals surface area contributed by atoms with Gasteiger partial charge in [0.2, 0.25) is 0 Å². The van der Waals surface area contributed by atoms with Gasteiger partial charge in [0.05, 0.1) is 26.3 Å². The number of methoxy groups -OCH3 is 2. The topological polar surface area (TPSA) is 89.2 Å². The first-order chi connectivity index (χ1) is 17.2. The number of nitrogens with zero attached hydrogens (tertiary/aromatic N) is 1. The van der Waals surface area contributed by atoms with Crippen LogP contribution in [0.15, 0.2) is 58.5 Å². The van der Waals surface area contributed by atoms with E-state index in [1.165, 1.54) is 4.90 Å². The number of Topliss-reactive ketones (excluding diaryl/α,β-unsaturated/α-hetero) is 1. The van der Waals surface area contributed by atoms with Crippen LogP contribution < -0.4 is 9.47 Å². The lowest BCUT2D eigenvalue weighted by molar-refractivity contribution is -0.140. The summed E-state index contributed by atoms with van der Waals surface area (Å²) >= 11 is 0. The number of para-hydroxylation sites is 1. The van der Waals surface area contributed by atoms with Crippen molar-refractivity contribution in [2.24, 2.45) is 0 Å². The van der Waals surface area contributed by atoms with Crippen molar-refractivity contribution in [2.75, 3.05) is 14.2 Å². The van der Waals surface area contributed by atoms with E-state index in [9.17, 15) is 14.7 Å². The summed E-state index contributed by atoms with van der Waals surface area (Å²) in [5, 5.41) is 11.6. The molecule has 1 atom stereocenters. The zero-order chi connectivity index (χ0) is 26.1. The lowest BCUT2D eigenvalue weighted by atomic mass is 9.92. The Balaban J connectivity index is 1.91. The summed E-state index contributed by atoms with van der Waals surface area (Å²) in [6, 6.07) is 13.6. The maximum atomic E-state index is 13.4. The molecular formula is C29H31NO6. The van der Waals surface area contributed by atoms with Gasteiger partial charge in [0.25, 0.3) is 11.7 Å². The second-order valence-electron chi connectivity index (χ2n) is 9.25. The SMILES string of the molecule is COc1ccccc1CN1C(=O)C(=O)/C(=C(/O)c2cc(C(C)C)c(OC)cc2C)C1c1ccc(C)o1. The highest BCUT2D eigenvalue weighted by atomic mass is 16.5. The molecule has 188 valence electrons.